The van der Waals surface area contributed by atoms with Crippen LogP contribution >= 0.6 is 0 Å². The number of hydrogen-bond acceptors (Lipinski definition) is 4. The summed E-state index contributed by atoms with van der Waals surface area (Å²) in [5, 5.41) is 13.3. The first-order valence-corrected chi connectivity index (χ1v) is 4.82. The van der Waals surface area contributed by atoms with E-state index >= 15 is 0 Å². The molecule has 68 valence electrons. The van der Waals surface area contributed by atoms with Gasteiger partial charge in [-0.3, -0.25) is 0 Å². The maximum Gasteiger partial charge on any atom is 0.240 e. The van der Waals surface area contributed by atoms with Gasteiger partial charge in [0.2, 0.25) is 10.0 Å². The number of primary sulfonamides is 1. The minimum absolute atomic E-state index is 0.0125. The lowest BCUT2D eigenvalue weighted by Crippen LogP contribution is -2.14. The normalized spacial score (nSPS) is 10.8. The highest BCUT2D eigenvalue weighted by Crippen LogP contribution is 2.17. The summed E-state index contributed by atoms with van der Waals surface area (Å²) in [6.45, 7) is 0. The van der Waals surface area contributed by atoms with E-state index in [0.29, 0.717) is 5.56 Å². The van der Waals surface area contributed by atoms with Crippen molar-refractivity contribution in [3.8, 4) is 6.07 Å². The van der Waals surface area contributed by atoms with E-state index in [-0.39, 0.29) is 10.6 Å². The van der Waals surface area contributed by atoms with Gasteiger partial charge in [0.05, 0.1) is 17.3 Å². The third kappa shape index (κ3) is 1.96. The number of nitriles is 1. The molecule has 0 fully saturated rings. The largest absolute Gasteiger partial charge is 0.398 e. The molecule has 4 N–H and O–H groups in total. The summed E-state index contributed by atoms with van der Waals surface area (Å²) in [6.07, 6.45) is 0. The number of nitrogens with two attached hydrogens (primary N) is 2. The predicted molar refractivity (Wildman–Crippen MR) is 46.9 cm³/mol. The Bertz CT molecular complexity index is 473. The van der Waals surface area contributed by atoms with E-state index in [9.17, 15) is 8.42 Å². The first kappa shape index (κ1) is 9.51. The highest BCUT2D eigenvalue weighted by atomic mass is 32.2. The van der Waals surface area contributed by atoms with Gasteiger partial charge >= 0.3 is 0 Å². The fraction of sp³-hybridized carbons (Fsp3) is 0. The molecule has 0 amide bonds. The fourth-order valence-electron chi connectivity index (χ4n) is 0.877. The summed E-state index contributed by atoms with van der Waals surface area (Å²) in [6, 6.07) is 5.65. The molecule has 0 aliphatic carbocycles. The molecule has 1 rings (SSSR count). The Morgan fingerprint density at radius 2 is 2.00 bits per heavy atom. The summed E-state index contributed by atoms with van der Waals surface area (Å²) in [5.74, 6) is 0. The molecule has 0 aromatic heterocycles. The molecule has 0 radical (unpaired) electrons. The minimum atomic E-state index is -3.79. The van der Waals surface area contributed by atoms with Gasteiger partial charge in [0.25, 0.3) is 0 Å². The molecular formula is C7H7N3O2S. The second-order valence-electron chi connectivity index (χ2n) is 2.41. The van der Waals surface area contributed by atoms with Gasteiger partial charge in [-0.05, 0) is 18.2 Å². The lowest BCUT2D eigenvalue weighted by atomic mass is 10.2. The van der Waals surface area contributed by atoms with Crippen LogP contribution in [0.3, 0.4) is 0 Å². The molecule has 1 aromatic rings. The standard InChI is InChI=1S/C7H7N3O2S/c8-4-5-1-2-7(6(9)3-5)13(10,11)12/h1-3H,9H2,(H2,10,11,12). The molecular weight excluding hydrogens is 190 g/mol. The summed E-state index contributed by atoms with van der Waals surface area (Å²) in [7, 11) is -3.79. The Morgan fingerprint density at radius 3 is 2.38 bits per heavy atom. The lowest BCUT2D eigenvalue weighted by Gasteiger charge is -2.01. The van der Waals surface area contributed by atoms with Crippen LogP contribution in [0.2, 0.25) is 0 Å². The van der Waals surface area contributed by atoms with Crippen molar-refractivity contribution in [2.75, 3.05) is 5.73 Å². The van der Waals surface area contributed by atoms with Crippen molar-refractivity contribution in [3.05, 3.63) is 23.8 Å². The van der Waals surface area contributed by atoms with E-state index in [4.69, 9.17) is 16.1 Å². The van der Waals surface area contributed by atoms with Gasteiger partial charge in [-0.1, -0.05) is 0 Å². The van der Waals surface area contributed by atoms with Crippen molar-refractivity contribution in [2.45, 2.75) is 4.90 Å². The van der Waals surface area contributed by atoms with Crippen LogP contribution in [0.4, 0.5) is 5.69 Å². The predicted octanol–water partition coefficient (Wildman–Crippen LogP) is -0.212. The third-order valence-electron chi connectivity index (χ3n) is 1.45. The van der Waals surface area contributed by atoms with Crippen LogP contribution in [-0.2, 0) is 10.0 Å². The van der Waals surface area contributed by atoms with Gasteiger partial charge in [0.15, 0.2) is 0 Å². The minimum Gasteiger partial charge on any atom is -0.398 e. The van der Waals surface area contributed by atoms with Gasteiger partial charge in [0, 0.05) is 0 Å². The van der Waals surface area contributed by atoms with Crippen LogP contribution in [0.15, 0.2) is 23.1 Å². The molecule has 5 nitrogen and oxygen atoms in total. The van der Waals surface area contributed by atoms with Crippen molar-refractivity contribution in [1.29, 1.82) is 5.26 Å². The molecule has 0 spiro atoms. The van der Waals surface area contributed by atoms with E-state index in [2.05, 4.69) is 0 Å². The zero-order valence-electron chi connectivity index (χ0n) is 6.56. The number of hydrogen-bond donors (Lipinski definition) is 2. The molecule has 0 saturated carbocycles. The Labute approximate surface area is 75.6 Å². The van der Waals surface area contributed by atoms with Crippen LogP contribution in [0.25, 0.3) is 0 Å². The Kier molecular flexibility index (Phi) is 2.23. The summed E-state index contributed by atoms with van der Waals surface area (Å²) in [4.78, 5) is -0.161. The average molecular weight is 197 g/mol. The van der Waals surface area contributed by atoms with Crippen molar-refractivity contribution in [3.63, 3.8) is 0 Å². The second-order valence-corrected chi connectivity index (χ2v) is 3.94. The molecule has 1 aromatic carbocycles. The molecule has 0 aliphatic rings. The van der Waals surface area contributed by atoms with E-state index < -0.39 is 10.0 Å². The fourth-order valence-corrected chi connectivity index (χ4v) is 1.52. The van der Waals surface area contributed by atoms with E-state index in [1.165, 1.54) is 18.2 Å². The second kappa shape index (κ2) is 3.05. The van der Waals surface area contributed by atoms with Gasteiger partial charge in [0.1, 0.15) is 4.90 Å². The number of benzene rings is 1. The van der Waals surface area contributed by atoms with Crippen molar-refractivity contribution in [2.24, 2.45) is 5.14 Å². The lowest BCUT2D eigenvalue weighted by molar-refractivity contribution is 0.598. The number of rotatable bonds is 1. The molecule has 0 bridgehead atoms. The van der Waals surface area contributed by atoms with Crippen LogP contribution in [0, 0.1) is 11.3 Å². The van der Waals surface area contributed by atoms with Crippen LogP contribution < -0.4 is 10.9 Å². The number of nitrogen functional groups attached to an aromatic ring is 1. The van der Waals surface area contributed by atoms with Crippen LogP contribution in [0.1, 0.15) is 5.56 Å². The zero-order valence-corrected chi connectivity index (χ0v) is 7.38. The first-order valence-electron chi connectivity index (χ1n) is 3.27. The van der Waals surface area contributed by atoms with Crippen LogP contribution in [-0.4, -0.2) is 8.42 Å². The molecule has 6 heteroatoms. The summed E-state index contributed by atoms with van der Waals surface area (Å²) in [5.41, 5.74) is 5.66. The molecule has 0 aliphatic heterocycles. The number of anilines is 1. The van der Waals surface area contributed by atoms with E-state index in [0.717, 1.165) is 0 Å². The molecule has 0 saturated heterocycles. The summed E-state index contributed by atoms with van der Waals surface area (Å²) < 4.78 is 21.7. The molecule has 0 atom stereocenters. The third-order valence-corrected chi connectivity index (χ3v) is 2.43. The van der Waals surface area contributed by atoms with Gasteiger partial charge in [-0.25, -0.2) is 13.6 Å². The Hall–Kier alpha value is -1.58. The maximum atomic E-state index is 10.9. The zero-order chi connectivity index (χ0) is 10.1. The average Bonchev–Trinajstić information content (AvgIpc) is 2.01. The SMILES string of the molecule is N#Cc1ccc(S(N)(=O)=O)c(N)c1. The maximum absolute atomic E-state index is 10.9. The quantitative estimate of drug-likeness (QED) is 0.606. The van der Waals surface area contributed by atoms with Gasteiger partial charge in [-0.2, -0.15) is 5.26 Å². The highest BCUT2D eigenvalue weighted by Gasteiger charge is 2.11. The summed E-state index contributed by atoms with van der Waals surface area (Å²) >= 11 is 0. The topological polar surface area (TPSA) is 110 Å². The first-order chi connectivity index (χ1) is 5.95. The molecule has 0 heterocycles. The monoisotopic (exact) mass is 197 g/mol. The van der Waals surface area contributed by atoms with Gasteiger partial charge in [-0.15, -0.1) is 0 Å². The number of sulfonamides is 1. The smallest absolute Gasteiger partial charge is 0.240 e. The van der Waals surface area contributed by atoms with E-state index in [1.807, 2.05) is 6.07 Å². The van der Waals surface area contributed by atoms with Gasteiger partial charge < -0.3 is 5.73 Å². The highest BCUT2D eigenvalue weighted by molar-refractivity contribution is 7.89. The molecule has 0 unspecified atom stereocenters. The van der Waals surface area contributed by atoms with Crippen molar-refractivity contribution in [1.82, 2.24) is 0 Å². The van der Waals surface area contributed by atoms with Crippen molar-refractivity contribution < 1.29 is 8.42 Å². The molecule has 13 heavy (non-hydrogen) atoms. The van der Waals surface area contributed by atoms with Crippen molar-refractivity contribution >= 4 is 15.7 Å². The Morgan fingerprint density at radius 1 is 1.38 bits per heavy atom. The van der Waals surface area contributed by atoms with Crippen LogP contribution in [0.5, 0.6) is 0 Å². The van der Waals surface area contributed by atoms with E-state index in [1.54, 1.807) is 0 Å². The Balaban J connectivity index is 3.40. The number of nitrogens with zero attached hydrogens (tertiary/aromatic N) is 1.